The van der Waals surface area contributed by atoms with Gasteiger partial charge in [0.15, 0.2) is 12.6 Å². The molecule has 14 nitrogen and oxygen atoms in total. The molecule has 7 N–H and O–H groups in total. The third-order valence-corrected chi connectivity index (χ3v) is 12.5. The molecule has 14 heteroatoms. The molecular weight excluding hydrogens is 897 g/mol. The summed E-state index contributed by atoms with van der Waals surface area (Å²) in [5.74, 6) is -0.387. The summed E-state index contributed by atoms with van der Waals surface area (Å²) in [5, 5.41) is 72.2. The predicted octanol–water partition coefficient (Wildman–Crippen LogP) is 8.69. The van der Waals surface area contributed by atoms with Crippen LogP contribution in [-0.2, 0) is 33.2 Å². The number of aliphatic hydroxyl groups excluding tert-OH is 7. The fraction of sp³-hybridized carbons (Fsp3) is 0.768. The second kappa shape index (κ2) is 42.9. The highest BCUT2D eigenvalue weighted by Crippen LogP contribution is 2.26. The molecule has 0 amide bonds. The lowest BCUT2D eigenvalue weighted by Crippen LogP contribution is -2.61. The number of esters is 1. The summed E-state index contributed by atoms with van der Waals surface area (Å²) in [7, 11) is 0. The van der Waals surface area contributed by atoms with Crippen LogP contribution in [0.5, 0.6) is 0 Å². The van der Waals surface area contributed by atoms with E-state index >= 15 is 0 Å². The Balaban J connectivity index is 1.73. The van der Waals surface area contributed by atoms with Gasteiger partial charge < -0.3 is 64.2 Å². The number of carbonyl (C=O) groups is 1. The van der Waals surface area contributed by atoms with Gasteiger partial charge in [0, 0.05) is 13.0 Å². The van der Waals surface area contributed by atoms with E-state index in [4.69, 9.17) is 28.4 Å². The van der Waals surface area contributed by atoms with Crippen molar-refractivity contribution in [1.29, 1.82) is 0 Å². The molecule has 2 aliphatic heterocycles. The number of unbranched alkanes of at least 4 members (excludes halogenated alkanes) is 16. The first-order chi connectivity index (χ1) is 34.1. The van der Waals surface area contributed by atoms with Gasteiger partial charge in [-0.2, -0.15) is 0 Å². The predicted molar refractivity (Wildman–Crippen MR) is 275 cm³/mol. The van der Waals surface area contributed by atoms with Crippen LogP contribution in [0.3, 0.4) is 0 Å². The van der Waals surface area contributed by atoms with E-state index in [9.17, 15) is 40.5 Å². The number of ether oxygens (including phenoxy) is 6. The van der Waals surface area contributed by atoms with Crippen molar-refractivity contribution in [2.45, 2.75) is 242 Å². The van der Waals surface area contributed by atoms with Gasteiger partial charge in [-0.15, -0.1) is 0 Å². The van der Waals surface area contributed by atoms with Crippen LogP contribution in [-0.4, -0.2) is 142 Å². The highest BCUT2D eigenvalue weighted by Gasteiger charge is 2.47. The van der Waals surface area contributed by atoms with Crippen LogP contribution in [0.4, 0.5) is 0 Å². The smallest absolute Gasteiger partial charge is 0.306 e. The second-order valence-electron chi connectivity index (χ2n) is 18.7. The molecule has 0 spiro atoms. The van der Waals surface area contributed by atoms with Crippen LogP contribution in [0.2, 0.25) is 0 Å². The second-order valence-corrected chi connectivity index (χ2v) is 18.7. The monoisotopic (exact) mass is 993 g/mol. The SMILES string of the molecule is CC/C=C\C/C=C\C/C=C\C/C=C\C/C=C\C/C=C\CCCCCCCOCC(COC1OC(COC2OC(CO)C(O)C(O)C2O)C(O)C(O)C1O)OC(=O)CCCCCCCCCCCCCC. The van der Waals surface area contributed by atoms with Crippen molar-refractivity contribution in [3.63, 3.8) is 0 Å². The Hall–Kier alpha value is -2.57. The molecule has 0 aromatic heterocycles. The summed E-state index contributed by atoms with van der Waals surface area (Å²) in [6, 6.07) is 0. The minimum atomic E-state index is -1.71. The number of aliphatic hydroxyl groups is 7. The molecule has 2 rings (SSSR count). The lowest BCUT2D eigenvalue weighted by molar-refractivity contribution is -0.332. The Labute approximate surface area is 421 Å². The molecule has 0 aliphatic carbocycles. The fourth-order valence-corrected chi connectivity index (χ4v) is 8.11. The topological polar surface area (TPSA) is 214 Å². The standard InChI is InChI=1S/C56H96O14/c1-3-5-7-9-11-13-15-17-18-19-20-21-22-23-24-25-26-27-28-30-32-34-36-38-40-65-42-45(68-48(58)39-37-35-33-31-29-16-14-12-10-8-6-4-2)43-66-55-54(64)52(62)50(60)47(70-55)44-67-56-53(63)51(61)49(59)46(41-57)69-56/h5,7,11,13,17-18,20-21,23-24,26-27,45-47,49-57,59-64H,3-4,6,8-10,12,14-16,19,22,25,28-44H2,1-2H3/b7-5-,13-11-,18-17-,21-20-,24-23-,27-26-. The first kappa shape index (κ1) is 63.5. The Morgan fingerprint density at radius 3 is 1.46 bits per heavy atom. The molecule has 0 saturated carbocycles. The van der Waals surface area contributed by atoms with E-state index in [1.807, 2.05) is 0 Å². The zero-order valence-corrected chi connectivity index (χ0v) is 43.0. The third kappa shape index (κ3) is 29.8. The van der Waals surface area contributed by atoms with Crippen LogP contribution >= 0.6 is 0 Å². The Morgan fingerprint density at radius 2 is 0.929 bits per heavy atom. The summed E-state index contributed by atoms with van der Waals surface area (Å²) in [5.41, 5.74) is 0. The van der Waals surface area contributed by atoms with Gasteiger partial charge >= 0.3 is 5.97 Å². The average molecular weight is 993 g/mol. The van der Waals surface area contributed by atoms with E-state index in [-0.39, 0.29) is 25.6 Å². The Kier molecular flexibility index (Phi) is 38.9. The van der Waals surface area contributed by atoms with Gasteiger partial charge in [-0.1, -0.05) is 177 Å². The number of hydrogen-bond acceptors (Lipinski definition) is 14. The zero-order chi connectivity index (χ0) is 50.9. The maximum atomic E-state index is 13.0. The Bertz CT molecular complexity index is 1430. The molecule has 11 atom stereocenters. The van der Waals surface area contributed by atoms with Crippen molar-refractivity contribution in [2.75, 3.05) is 33.0 Å². The zero-order valence-electron chi connectivity index (χ0n) is 43.0. The number of allylic oxidation sites excluding steroid dienone is 12. The van der Waals surface area contributed by atoms with E-state index in [0.29, 0.717) is 13.0 Å². The van der Waals surface area contributed by atoms with E-state index < -0.39 is 80.7 Å². The molecular formula is C56H96O14. The molecule has 404 valence electrons. The maximum Gasteiger partial charge on any atom is 0.306 e. The molecule has 0 aromatic carbocycles. The van der Waals surface area contributed by atoms with Gasteiger partial charge in [-0.3, -0.25) is 4.79 Å². The van der Waals surface area contributed by atoms with Crippen LogP contribution < -0.4 is 0 Å². The molecule has 70 heavy (non-hydrogen) atoms. The lowest BCUT2D eigenvalue weighted by atomic mass is 9.98. The van der Waals surface area contributed by atoms with Gasteiger partial charge in [-0.05, 0) is 64.2 Å². The molecule has 0 radical (unpaired) electrons. The van der Waals surface area contributed by atoms with Gasteiger partial charge in [0.05, 0.1) is 26.4 Å². The largest absolute Gasteiger partial charge is 0.457 e. The van der Waals surface area contributed by atoms with Crippen LogP contribution in [0.25, 0.3) is 0 Å². The van der Waals surface area contributed by atoms with Crippen molar-refractivity contribution in [2.24, 2.45) is 0 Å². The minimum Gasteiger partial charge on any atom is -0.457 e. The summed E-state index contributed by atoms with van der Waals surface area (Å²) >= 11 is 0. The molecule has 2 heterocycles. The third-order valence-electron chi connectivity index (χ3n) is 12.5. The number of hydrogen-bond donors (Lipinski definition) is 7. The van der Waals surface area contributed by atoms with Gasteiger partial charge in [-0.25, -0.2) is 0 Å². The summed E-state index contributed by atoms with van der Waals surface area (Å²) in [6.45, 7) is 3.51. The van der Waals surface area contributed by atoms with Crippen molar-refractivity contribution in [3.8, 4) is 0 Å². The van der Waals surface area contributed by atoms with Crippen molar-refractivity contribution >= 4 is 5.97 Å². The highest BCUT2D eigenvalue weighted by molar-refractivity contribution is 5.69. The lowest BCUT2D eigenvalue weighted by Gasteiger charge is -2.42. The van der Waals surface area contributed by atoms with Gasteiger partial charge in [0.1, 0.15) is 54.9 Å². The van der Waals surface area contributed by atoms with Crippen molar-refractivity contribution in [3.05, 3.63) is 72.9 Å². The molecule has 2 saturated heterocycles. The normalized spacial score (nSPS) is 26.1. The molecule has 2 aliphatic rings. The van der Waals surface area contributed by atoms with Crippen LogP contribution in [0, 0.1) is 0 Å². The van der Waals surface area contributed by atoms with Gasteiger partial charge in [0.2, 0.25) is 0 Å². The van der Waals surface area contributed by atoms with Crippen molar-refractivity contribution < 1.29 is 69.0 Å². The number of rotatable bonds is 42. The Morgan fingerprint density at radius 1 is 0.486 bits per heavy atom. The van der Waals surface area contributed by atoms with E-state index in [1.165, 1.54) is 51.4 Å². The molecule has 0 aromatic rings. The quantitative estimate of drug-likeness (QED) is 0.0173. The molecule has 11 unspecified atom stereocenters. The first-order valence-electron chi connectivity index (χ1n) is 27.0. The van der Waals surface area contributed by atoms with Crippen LogP contribution in [0.1, 0.15) is 174 Å². The van der Waals surface area contributed by atoms with Crippen molar-refractivity contribution in [1.82, 2.24) is 0 Å². The van der Waals surface area contributed by atoms with E-state index in [1.54, 1.807) is 0 Å². The van der Waals surface area contributed by atoms with E-state index in [0.717, 1.165) is 96.3 Å². The van der Waals surface area contributed by atoms with Crippen LogP contribution in [0.15, 0.2) is 72.9 Å². The van der Waals surface area contributed by atoms with Gasteiger partial charge in [0.25, 0.3) is 0 Å². The fourth-order valence-electron chi connectivity index (χ4n) is 8.11. The molecule has 2 fully saturated rings. The minimum absolute atomic E-state index is 0.0461. The highest BCUT2D eigenvalue weighted by atomic mass is 16.7. The van der Waals surface area contributed by atoms with E-state index in [2.05, 4.69) is 86.8 Å². The summed E-state index contributed by atoms with van der Waals surface area (Å²) in [6.07, 6.45) is 36.8. The first-order valence-corrected chi connectivity index (χ1v) is 27.0. The molecule has 0 bridgehead atoms. The average Bonchev–Trinajstić information content (AvgIpc) is 3.36. The maximum absolute atomic E-state index is 13.0. The number of carbonyl (C=O) groups excluding carboxylic acids is 1. The summed E-state index contributed by atoms with van der Waals surface area (Å²) < 4.78 is 34.3. The summed E-state index contributed by atoms with van der Waals surface area (Å²) in [4.78, 5) is 13.0.